The van der Waals surface area contributed by atoms with Crippen molar-refractivity contribution in [2.75, 3.05) is 26.2 Å². The molecule has 0 saturated carbocycles. The van der Waals surface area contributed by atoms with Gasteiger partial charge in [-0.2, -0.15) is 0 Å². The average molecular weight is 285 g/mol. The number of hydrogen-bond acceptors (Lipinski definition) is 5. The molecule has 21 heavy (non-hydrogen) atoms. The Labute approximate surface area is 126 Å². The lowest BCUT2D eigenvalue weighted by Gasteiger charge is -2.20. The number of aromatic nitrogens is 1. The van der Waals surface area contributed by atoms with Crippen LogP contribution >= 0.6 is 0 Å². The van der Waals surface area contributed by atoms with Gasteiger partial charge in [0.2, 0.25) is 0 Å². The van der Waals surface area contributed by atoms with Gasteiger partial charge < -0.3 is 10.2 Å². The number of likely N-dealkylation sites (tertiary alicyclic amines) is 1. The van der Waals surface area contributed by atoms with Crippen molar-refractivity contribution in [1.82, 2.24) is 20.5 Å². The van der Waals surface area contributed by atoms with Gasteiger partial charge >= 0.3 is 0 Å². The van der Waals surface area contributed by atoms with Crippen molar-refractivity contribution in [2.24, 2.45) is 4.99 Å². The van der Waals surface area contributed by atoms with E-state index in [0.29, 0.717) is 0 Å². The second-order valence-electron chi connectivity index (χ2n) is 5.52. The van der Waals surface area contributed by atoms with E-state index >= 15 is 0 Å². The van der Waals surface area contributed by atoms with E-state index in [1.807, 2.05) is 30.6 Å². The second kappa shape index (κ2) is 7.33. The summed E-state index contributed by atoms with van der Waals surface area (Å²) in [4.78, 5) is 11.3. The number of pyridine rings is 1. The SMILES string of the molecule is C1=NC(c2ccccn2)=CNC1NCCCN1CCCC1. The van der Waals surface area contributed by atoms with Crippen molar-refractivity contribution in [1.29, 1.82) is 0 Å². The molecule has 112 valence electrons. The van der Waals surface area contributed by atoms with Crippen molar-refractivity contribution in [3.63, 3.8) is 0 Å². The maximum atomic E-state index is 4.48. The molecule has 0 radical (unpaired) electrons. The molecule has 1 unspecified atom stereocenters. The summed E-state index contributed by atoms with van der Waals surface area (Å²) < 4.78 is 0. The van der Waals surface area contributed by atoms with E-state index in [9.17, 15) is 0 Å². The summed E-state index contributed by atoms with van der Waals surface area (Å²) in [6.07, 6.45) is 9.67. The first-order chi connectivity index (χ1) is 10.4. The molecule has 2 N–H and O–H groups in total. The Kier molecular flexibility index (Phi) is 4.97. The summed E-state index contributed by atoms with van der Waals surface area (Å²) >= 11 is 0. The van der Waals surface area contributed by atoms with Crippen LogP contribution in [0.1, 0.15) is 25.0 Å². The molecule has 1 atom stereocenters. The van der Waals surface area contributed by atoms with Crippen LogP contribution in [0.15, 0.2) is 35.6 Å². The van der Waals surface area contributed by atoms with Gasteiger partial charge in [-0.15, -0.1) is 0 Å². The second-order valence-corrected chi connectivity index (χ2v) is 5.52. The molecule has 0 bridgehead atoms. The molecule has 5 heteroatoms. The van der Waals surface area contributed by atoms with E-state index < -0.39 is 0 Å². The molecule has 3 heterocycles. The van der Waals surface area contributed by atoms with Gasteiger partial charge in [0.1, 0.15) is 11.9 Å². The van der Waals surface area contributed by atoms with Crippen LogP contribution in [0, 0.1) is 0 Å². The zero-order valence-electron chi connectivity index (χ0n) is 12.3. The van der Waals surface area contributed by atoms with Gasteiger partial charge in [-0.3, -0.25) is 15.3 Å². The molecule has 1 aromatic heterocycles. The lowest BCUT2D eigenvalue weighted by molar-refractivity contribution is 0.329. The highest BCUT2D eigenvalue weighted by molar-refractivity contribution is 5.77. The molecule has 2 aliphatic rings. The fourth-order valence-corrected chi connectivity index (χ4v) is 2.74. The van der Waals surface area contributed by atoms with Crippen LogP contribution in [0.25, 0.3) is 5.70 Å². The fraction of sp³-hybridized carbons (Fsp3) is 0.500. The molecular formula is C16H23N5. The number of aliphatic imine (C=N–C) groups is 1. The van der Waals surface area contributed by atoms with Crippen LogP contribution in [-0.4, -0.2) is 48.4 Å². The Balaban J connectivity index is 1.38. The molecule has 1 saturated heterocycles. The molecule has 5 nitrogen and oxygen atoms in total. The Morgan fingerprint density at radius 1 is 1.29 bits per heavy atom. The van der Waals surface area contributed by atoms with Crippen LogP contribution in [0.5, 0.6) is 0 Å². The van der Waals surface area contributed by atoms with Gasteiger partial charge in [-0.1, -0.05) is 6.07 Å². The molecule has 1 fully saturated rings. The predicted molar refractivity (Wildman–Crippen MR) is 85.9 cm³/mol. The number of nitrogens with one attached hydrogen (secondary N) is 2. The molecule has 1 aromatic rings. The monoisotopic (exact) mass is 285 g/mol. The summed E-state index contributed by atoms with van der Waals surface area (Å²) in [5.74, 6) is 0. The van der Waals surface area contributed by atoms with E-state index in [2.05, 4.69) is 25.5 Å². The van der Waals surface area contributed by atoms with Crippen molar-refractivity contribution in [2.45, 2.75) is 25.4 Å². The van der Waals surface area contributed by atoms with Crippen LogP contribution in [0.3, 0.4) is 0 Å². The highest BCUT2D eigenvalue weighted by atomic mass is 15.2. The van der Waals surface area contributed by atoms with Crippen LogP contribution in [0.2, 0.25) is 0 Å². The lowest BCUT2D eigenvalue weighted by atomic mass is 10.2. The first kappa shape index (κ1) is 14.2. The summed E-state index contributed by atoms with van der Waals surface area (Å²) in [5.41, 5.74) is 1.78. The normalized spacial score (nSPS) is 22.1. The Morgan fingerprint density at radius 3 is 2.90 bits per heavy atom. The number of hydrogen-bond donors (Lipinski definition) is 2. The van der Waals surface area contributed by atoms with E-state index in [1.165, 1.54) is 38.9 Å². The minimum absolute atomic E-state index is 0.121. The molecular weight excluding hydrogens is 262 g/mol. The number of rotatable bonds is 6. The topological polar surface area (TPSA) is 52.6 Å². The van der Waals surface area contributed by atoms with Crippen LogP contribution in [0.4, 0.5) is 0 Å². The molecule has 0 amide bonds. The van der Waals surface area contributed by atoms with E-state index in [-0.39, 0.29) is 6.17 Å². The number of nitrogens with zero attached hydrogens (tertiary/aromatic N) is 3. The highest BCUT2D eigenvalue weighted by Gasteiger charge is 2.12. The zero-order valence-corrected chi connectivity index (χ0v) is 12.3. The average Bonchev–Trinajstić information content (AvgIpc) is 3.06. The Bertz CT molecular complexity index is 491. The third-order valence-electron chi connectivity index (χ3n) is 3.90. The van der Waals surface area contributed by atoms with Crippen molar-refractivity contribution >= 4 is 11.9 Å². The molecule has 0 spiro atoms. The Hall–Kier alpha value is -1.72. The van der Waals surface area contributed by atoms with Crippen molar-refractivity contribution < 1.29 is 0 Å². The van der Waals surface area contributed by atoms with E-state index in [4.69, 9.17) is 0 Å². The van der Waals surface area contributed by atoms with E-state index in [0.717, 1.165) is 17.9 Å². The predicted octanol–water partition coefficient (Wildman–Crippen LogP) is 1.46. The lowest BCUT2D eigenvalue weighted by Crippen LogP contribution is -2.43. The molecule has 0 aliphatic carbocycles. The maximum absolute atomic E-state index is 4.48. The minimum Gasteiger partial charge on any atom is -0.369 e. The molecule has 0 aromatic carbocycles. The van der Waals surface area contributed by atoms with Crippen molar-refractivity contribution in [3.05, 3.63) is 36.3 Å². The van der Waals surface area contributed by atoms with Gasteiger partial charge in [0, 0.05) is 18.6 Å². The van der Waals surface area contributed by atoms with E-state index in [1.54, 1.807) is 6.20 Å². The first-order valence-corrected chi connectivity index (χ1v) is 7.79. The summed E-state index contributed by atoms with van der Waals surface area (Å²) in [5, 5.41) is 6.79. The van der Waals surface area contributed by atoms with Crippen LogP contribution < -0.4 is 10.6 Å². The van der Waals surface area contributed by atoms with Crippen LogP contribution in [-0.2, 0) is 0 Å². The Morgan fingerprint density at radius 2 is 2.19 bits per heavy atom. The molecule has 2 aliphatic heterocycles. The summed E-state index contributed by atoms with van der Waals surface area (Å²) in [6, 6.07) is 5.85. The highest BCUT2D eigenvalue weighted by Crippen LogP contribution is 2.13. The first-order valence-electron chi connectivity index (χ1n) is 7.79. The third kappa shape index (κ3) is 4.12. The minimum atomic E-state index is 0.121. The summed E-state index contributed by atoms with van der Waals surface area (Å²) in [7, 11) is 0. The van der Waals surface area contributed by atoms with Gasteiger partial charge in [-0.25, -0.2) is 0 Å². The van der Waals surface area contributed by atoms with Gasteiger partial charge in [0.05, 0.1) is 5.69 Å². The van der Waals surface area contributed by atoms with Crippen molar-refractivity contribution in [3.8, 4) is 0 Å². The van der Waals surface area contributed by atoms with Gasteiger partial charge in [0.15, 0.2) is 0 Å². The zero-order chi connectivity index (χ0) is 14.3. The van der Waals surface area contributed by atoms with Gasteiger partial charge in [-0.05, 0) is 57.6 Å². The summed E-state index contributed by atoms with van der Waals surface area (Å²) in [6.45, 7) is 4.76. The standard InChI is InChI=1S/C16H23N5/c1-2-7-17-14(6-1)15-12-20-16(13-19-15)18-8-5-11-21-9-3-4-10-21/h1-2,6-7,12-13,16,18,20H,3-5,8-11H2. The fourth-order valence-electron chi connectivity index (χ4n) is 2.74. The largest absolute Gasteiger partial charge is 0.369 e. The maximum Gasteiger partial charge on any atom is 0.113 e. The third-order valence-corrected chi connectivity index (χ3v) is 3.90. The van der Waals surface area contributed by atoms with Gasteiger partial charge in [0.25, 0.3) is 0 Å². The molecule has 3 rings (SSSR count). The smallest absolute Gasteiger partial charge is 0.113 e. The quantitative estimate of drug-likeness (QED) is 0.777.